The molecule has 4 N–H and O–H groups in total. The molecule has 0 spiro atoms. The monoisotopic (exact) mass is 352 g/mol. The molecule has 1 aromatic carbocycles. The smallest absolute Gasteiger partial charge is 0.224 e. The first kappa shape index (κ1) is 11.2. The number of nitrogens with one attached hydrogen (secondary N) is 2. The number of H-pyrrole nitrogens is 1. The van der Waals surface area contributed by atoms with Crippen molar-refractivity contribution in [1.29, 1.82) is 0 Å². The molecule has 90 valence electrons. The topological polar surface area (TPSA) is 92.5 Å². The molecule has 0 bridgehead atoms. The van der Waals surface area contributed by atoms with Crippen LogP contribution >= 0.6 is 22.6 Å². The van der Waals surface area contributed by atoms with Gasteiger partial charge in [-0.1, -0.05) is 12.1 Å². The Morgan fingerprint density at radius 1 is 1.22 bits per heavy atom. The molecule has 3 aromatic rings. The van der Waals surface area contributed by atoms with Crippen LogP contribution in [0.4, 0.5) is 17.5 Å². The van der Waals surface area contributed by atoms with Gasteiger partial charge in [-0.05, 0) is 34.7 Å². The van der Waals surface area contributed by atoms with E-state index in [0.717, 1.165) is 14.6 Å². The molecule has 0 aliphatic heterocycles. The van der Waals surface area contributed by atoms with Crippen molar-refractivity contribution in [3.8, 4) is 0 Å². The largest absolute Gasteiger partial charge is 0.368 e. The van der Waals surface area contributed by atoms with Gasteiger partial charge in [-0.2, -0.15) is 15.1 Å². The van der Waals surface area contributed by atoms with Gasteiger partial charge in [0.15, 0.2) is 5.65 Å². The Hall–Kier alpha value is -1.90. The van der Waals surface area contributed by atoms with E-state index in [1.54, 1.807) is 6.20 Å². The van der Waals surface area contributed by atoms with Crippen molar-refractivity contribution in [3.05, 3.63) is 34.0 Å². The van der Waals surface area contributed by atoms with E-state index in [0.29, 0.717) is 11.5 Å². The van der Waals surface area contributed by atoms with Crippen LogP contribution in [0.25, 0.3) is 11.0 Å². The average Bonchev–Trinajstić information content (AvgIpc) is 2.80. The predicted octanol–water partition coefficient (Wildman–Crippen LogP) is 2.28. The Bertz CT molecular complexity index is 708. The van der Waals surface area contributed by atoms with Gasteiger partial charge in [-0.3, -0.25) is 5.10 Å². The molecule has 0 aliphatic carbocycles. The molecule has 0 saturated heterocycles. The minimum Gasteiger partial charge on any atom is -0.368 e. The van der Waals surface area contributed by atoms with Crippen LogP contribution in [0.1, 0.15) is 0 Å². The molecule has 0 amide bonds. The van der Waals surface area contributed by atoms with Crippen LogP contribution in [0.5, 0.6) is 0 Å². The van der Waals surface area contributed by atoms with Crippen molar-refractivity contribution in [2.24, 2.45) is 0 Å². The van der Waals surface area contributed by atoms with Crippen molar-refractivity contribution in [3.63, 3.8) is 0 Å². The highest BCUT2D eigenvalue weighted by molar-refractivity contribution is 14.1. The Kier molecular flexibility index (Phi) is 2.74. The summed E-state index contributed by atoms with van der Waals surface area (Å²) in [5.41, 5.74) is 7.26. The molecule has 0 fully saturated rings. The highest BCUT2D eigenvalue weighted by Crippen LogP contribution is 2.25. The zero-order chi connectivity index (χ0) is 12.5. The second-order valence-electron chi connectivity index (χ2n) is 3.67. The van der Waals surface area contributed by atoms with Gasteiger partial charge in [0.1, 0.15) is 5.82 Å². The SMILES string of the molecule is Nc1nc(Nc2ccccc2I)c2cn[nH]c2n1. The average molecular weight is 352 g/mol. The first-order valence-electron chi connectivity index (χ1n) is 5.22. The van der Waals surface area contributed by atoms with E-state index in [2.05, 4.69) is 48.1 Å². The summed E-state index contributed by atoms with van der Waals surface area (Å²) < 4.78 is 1.10. The maximum atomic E-state index is 5.66. The number of aromatic amines is 1. The fourth-order valence-electron chi connectivity index (χ4n) is 1.64. The third-order valence-electron chi connectivity index (χ3n) is 2.45. The zero-order valence-corrected chi connectivity index (χ0v) is 11.3. The summed E-state index contributed by atoms with van der Waals surface area (Å²) in [6.45, 7) is 0. The van der Waals surface area contributed by atoms with Gasteiger partial charge in [0.25, 0.3) is 0 Å². The van der Waals surface area contributed by atoms with Gasteiger partial charge in [0.05, 0.1) is 17.3 Å². The third-order valence-corrected chi connectivity index (χ3v) is 3.39. The summed E-state index contributed by atoms with van der Waals surface area (Å²) >= 11 is 2.26. The summed E-state index contributed by atoms with van der Waals surface area (Å²) in [6.07, 6.45) is 1.67. The van der Waals surface area contributed by atoms with Crippen LogP contribution in [-0.4, -0.2) is 20.2 Å². The summed E-state index contributed by atoms with van der Waals surface area (Å²) in [7, 11) is 0. The van der Waals surface area contributed by atoms with Gasteiger partial charge in [-0.15, -0.1) is 0 Å². The number of anilines is 3. The first-order chi connectivity index (χ1) is 8.74. The number of hydrogen-bond acceptors (Lipinski definition) is 5. The van der Waals surface area contributed by atoms with Crippen molar-refractivity contribution in [1.82, 2.24) is 20.2 Å². The molecule has 0 saturated carbocycles. The van der Waals surface area contributed by atoms with E-state index in [1.807, 2.05) is 24.3 Å². The van der Waals surface area contributed by atoms with Crippen LogP contribution in [0.3, 0.4) is 0 Å². The summed E-state index contributed by atoms with van der Waals surface area (Å²) in [6, 6.07) is 7.93. The molecule has 0 unspecified atom stereocenters. The number of nitrogen functional groups attached to an aromatic ring is 1. The van der Waals surface area contributed by atoms with E-state index < -0.39 is 0 Å². The molecular weight excluding hydrogens is 343 g/mol. The van der Waals surface area contributed by atoms with Crippen LogP contribution in [0, 0.1) is 3.57 Å². The normalized spacial score (nSPS) is 10.7. The summed E-state index contributed by atoms with van der Waals surface area (Å²) in [5, 5.41) is 10.8. The van der Waals surface area contributed by atoms with Gasteiger partial charge in [-0.25, -0.2) is 0 Å². The van der Waals surface area contributed by atoms with Gasteiger partial charge >= 0.3 is 0 Å². The molecule has 18 heavy (non-hydrogen) atoms. The van der Waals surface area contributed by atoms with Gasteiger partial charge < -0.3 is 11.1 Å². The van der Waals surface area contributed by atoms with E-state index in [4.69, 9.17) is 5.73 Å². The van der Waals surface area contributed by atoms with Gasteiger partial charge in [0.2, 0.25) is 5.95 Å². The lowest BCUT2D eigenvalue weighted by molar-refractivity contribution is 1.09. The minimum absolute atomic E-state index is 0.209. The lowest BCUT2D eigenvalue weighted by Crippen LogP contribution is -2.01. The highest BCUT2D eigenvalue weighted by atomic mass is 127. The minimum atomic E-state index is 0.209. The molecule has 6 nitrogen and oxygen atoms in total. The maximum absolute atomic E-state index is 5.66. The number of halogens is 1. The number of nitrogens with zero attached hydrogens (tertiary/aromatic N) is 3. The predicted molar refractivity (Wildman–Crippen MR) is 78.5 cm³/mol. The molecule has 0 atom stereocenters. The number of nitrogens with two attached hydrogens (primary N) is 1. The quantitative estimate of drug-likeness (QED) is 0.616. The van der Waals surface area contributed by atoms with Crippen molar-refractivity contribution in [2.75, 3.05) is 11.1 Å². The lowest BCUT2D eigenvalue weighted by Gasteiger charge is -2.08. The number of benzene rings is 1. The standard InChI is InChI=1S/C11H9IN6/c12-7-3-1-2-4-8(7)15-9-6-5-14-18-10(6)17-11(13)16-9/h1-5H,(H4,13,14,15,16,17,18). The van der Waals surface area contributed by atoms with Crippen LogP contribution in [0.15, 0.2) is 30.5 Å². The number of fused-ring (bicyclic) bond motifs is 1. The molecule has 2 heterocycles. The van der Waals surface area contributed by atoms with E-state index in [1.165, 1.54) is 0 Å². The molecule has 0 radical (unpaired) electrons. The number of hydrogen-bond donors (Lipinski definition) is 3. The van der Waals surface area contributed by atoms with Crippen LogP contribution in [0.2, 0.25) is 0 Å². The second-order valence-corrected chi connectivity index (χ2v) is 4.83. The first-order valence-corrected chi connectivity index (χ1v) is 6.30. The van der Waals surface area contributed by atoms with Crippen molar-refractivity contribution >= 4 is 51.1 Å². The van der Waals surface area contributed by atoms with E-state index in [9.17, 15) is 0 Å². The second kappa shape index (κ2) is 4.41. The number of para-hydroxylation sites is 1. The molecule has 2 aromatic heterocycles. The van der Waals surface area contributed by atoms with Crippen molar-refractivity contribution in [2.45, 2.75) is 0 Å². The van der Waals surface area contributed by atoms with E-state index >= 15 is 0 Å². The Morgan fingerprint density at radius 3 is 2.89 bits per heavy atom. The van der Waals surface area contributed by atoms with Crippen molar-refractivity contribution < 1.29 is 0 Å². The van der Waals surface area contributed by atoms with Crippen LogP contribution < -0.4 is 11.1 Å². The Balaban J connectivity index is 2.10. The maximum Gasteiger partial charge on any atom is 0.224 e. The Morgan fingerprint density at radius 2 is 2.06 bits per heavy atom. The highest BCUT2D eigenvalue weighted by Gasteiger charge is 2.09. The lowest BCUT2D eigenvalue weighted by atomic mass is 10.3. The fraction of sp³-hybridized carbons (Fsp3) is 0. The summed E-state index contributed by atoms with van der Waals surface area (Å²) in [4.78, 5) is 8.27. The Labute approximate surface area is 116 Å². The van der Waals surface area contributed by atoms with Gasteiger partial charge in [0, 0.05) is 3.57 Å². The van der Waals surface area contributed by atoms with Crippen LogP contribution in [-0.2, 0) is 0 Å². The zero-order valence-electron chi connectivity index (χ0n) is 9.18. The molecule has 0 aliphatic rings. The van der Waals surface area contributed by atoms with E-state index in [-0.39, 0.29) is 5.95 Å². The number of rotatable bonds is 2. The summed E-state index contributed by atoms with van der Waals surface area (Å²) in [5.74, 6) is 0.857. The molecule has 7 heteroatoms. The fourth-order valence-corrected chi connectivity index (χ4v) is 2.16. The molecular formula is C11H9IN6. The number of aromatic nitrogens is 4. The third kappa shape index (κ3) is 1.96. The molecule has 3 rings (SSSR count).